The van der Waals surface area contributed by atoms with Gasteiger partial charge in [0.15, 0.2) is 0 Å². The van der Waals surface area contributed by atoms with E-state index in [9.17, 15) is 26.8 Å². The Labute approximate surface area is 249 Å². The molecule has 1 unspecified atom stereocenters. The summed E-state index contributed by atoms with van der Waals surface area (Å²) in [4.78, 5) is 27.3. The second kappa shape index (κ2) is 11.3. The summed E-state index contributed by atoms with van der Waals surface area (Å²) in [6, 6.07) is 15.7. The van der Waals surface area contributed by atoms with E-state index in [1.807, 2.05) is 4.90 Å². The van der Waals surface area contributed by atoms with Gasteiger partial charge in [-0.3, -0.25) is 18.8 Å². The topological polar surface area (TPSA) is 96.0 Å². The van der Waals surface area contributed by atoms with E-state index in [0.717, 1.165) is 30.5 Å². The number of piperidine rings is 1. The summed E-state index contributed by atoms with van der Waals surface area (Å²) in [5.41, 5.74) is 1.39. The highest BCUT2D eigenvalue weighted by atomic mass is 32.2. The number of nitrogens with zero attached hydrogens (tertiary/aromatic N) is 2. The largest absolute Gasteiger partial charge is 0.468 e. The third kappa shape index (κ3) is 5.40. The molecule has 2 fully saturated rings. The number of fused-ring (bicyclic) bond motifs is 2. The molecule has 1 spiro atoms. The van der Waals surface area contributed by atoms with E-state index in [0.29, 0.717) is 42.7 Å². The van der Waals surface area contributed by atoms with E-state index in [2.05, 4.69) is 5.32 Å². The molecule has 3 aliphatic rings. The number of ether oxygens (including phenoxy) is 1. The van der Waals surface area contributed by atoms with E-state index >= 15 is 0 Å². The summed E-state index contributed by atoms with van der Waals surface area (Å²) < 4.78 is 62.8. The molecule has 11 heteroatoms. The van der Waals surface area contributed by atoms with Crippen LogP contribution < -0.4 is 9.62 Å². The predicted octanol–water partition coefficient (Wildman–Crippen LogP) is 4.39. The molecule has 2 heterocycles. The Morgan fingerprint density at radius 2 is 1.70 bits per heavy atom. The smallest absolute Gasteiger partial charge is 0.319 e. The summed E-state index contributed by atoms with van der Waals surface area (Å²) in [7, 11) is -2.73. The van der Waals surface area contributed by atoms with Gasteiger partial charge in [0, 0.05) is 23.1 Å². The fourth-order valence-corrected chi connectivity index (χ4v) is 8.50. The number of halogens is 2. The molecular formula is C32H33F2N3O5S. The van der Waals surface area contributed by atoms with Gasteiger partial charge >= 0.3 is 5.97 Å². The Hall–Kier alpha value is -3.83. The van der Waals surface area contributed by atoms with Crippen LogP contribution in [0, 0.1) is 17.6 Å². The summed E-state index contributed by atoms with van der Waals surface area (Å²) >= 11 is 0. The van der Waals surface area contributed by atoms with Crippen molar-refractivity contribution in [2.24, 2.45) is 5.92 Å². The van der Waals surface area contributed by atoms with Crippen LogP contribution >= 0.6 is 0 Å². The van der Waals surface area contributed by atoms with Gasteiger partial charge in [-0.05, 0) is 98.8 Å². The van der Waals surface area contributed by atoms with Crippen molar-refractivity contribution in [3.8, 4) is 0 Å². The zero-order valence-electron chi connectivity index (χ0n) is 23.8. The molecular weight excluding hydrogens is 576 g/mol. The lowest BCUT2D eigenvalue weighted by Gasteiger charge is -2.45. The molecule has 0 aromatic heterocycles. The number of sulfonamides is 1. The van der Waals surface area contributed by atoms with Gasteiger partial charge in [0.2, 0.25) is 0 Å². The Morgan fingerprint density at radius 1 is 1.00 bits per heavy atom. The van der Waals surface area contributed by atoms with Crippen molar-refractivity contribution >= 4 is 27.6 Å². The van der Waals surface area contributed by atoms with Gasteiger partial charge in [-0.25, -0.2) is 17.2 Å². The molecule has 1 aliphatic carbocycles. The molecule has 1 atom stereocenters. The van der Waals surface area contributed by atoms with Gasteiger partial charge in [0.05, 0.1) is 30.3 Å². The first-order valence-corrected chi connectivity index (χ1v) is 15.8. The summed E-state index contributed by atoms with van der Waals surface area (Å²) in [5.74, 6) is -1.56. The quantitative estimate of drug-likeness (QED) is 0.381. The SMILES string of the molecule is COC(=O)CN1CCC2(CC1)c1cc(C(=O)NCc3ccccc3F)ccc1N(S(=O)(=O)c1ccc(F)cc1)C2C1CC1. The highest BCUT2D eigenvalue weighted by Gasteiger charge is 2.60. The lowest BCUT2D eigenvalue weighted by molar-refractivity contribution is -0.142. The van der Waals surface area contributed by atoms with Crippen molar-refractivity contribution in [1.82, 2.24) is 10.2 Å². The minimum atomic E-state index is -4.08. The number of carbonyl (C=O) groups is 2. The maximum Gasteiger partial charge on any atom is 0.319 e. The Kier molecular flexibility index (Phi) is 7.72. The molecule has 1 saturated carbocycles. The second-order valence-electron chi connectivity index (χ2n) is 11.6. The van der Waals surface area contributed by atoms with Gasteiger partial charge in [-0.2, -0.15) is 0 Å². The fourth-order valence-electron chi connectivity index (χ4n) is 6.70. The van der Waals surface area contributed by atoms with E-state index in [1.54, 1.807) is 36.4 Å². The number of likely N-dealkylation sites (tertiary alicyclic amines) is 1. The summed E-state index contributed by atoms with van der Waals surface area (Å²) in [5, 5.41) is 2.79. The lowest BCUT2D eigenvalue weighted by atomic mass is 9.68. The van der Waals surface area contributed by atoms with Crippen molar-refractivity contribution in [2.45, 2.75) is 48.6 Å². The maximum absolute atomic E-state index is 14.3. The molecule has 226 valence electrons. The van der Waals surface area contributed by atoms with Crippen molar-refractivity contribution in [3.05, 3.63) is 95.1 Å². The van der Waals surface area contributed by atoms with Crippen molar-refractivity contribution in [3.63, 3.8) is 0 Å². The summed E-state index contributed by atoms with van der Waals surface area (Å²) in [6.45, 7) is 1.24. The Balaban J connectivity index is 1.39. The van der Waals surface area contributed by atoms with E-state index < -0.39 is 39.0 Å². The normalized spacial score (nSPS) is 19.7. The van der Waals surface area contributed by atoms with Gasteiger partial charge in [-0.1, -0.05) is 18.2 Å². The van der Waals surface area contributed by atoms with Crippen LogP contribution in [0.2, 0.25) is 0 Å². The number of methoxy groups -OCH3 is 1. The minimum Gasteiger partial charge on any atom is -0.468 e. The van der Waals surface area contributed by atoms with Crippen molar-refractivity contribution in [2.75, 3.05) is 31.0 Å². The number of benzene rings is 3. The molecule has 0 radical (unpaired) electrons. The van der Waals surface area contributed by atoms with E-state index in [-0.39, 0.29) is 29.9 Å². The molecule has 0 bridgehead atoms. The van der Waals surface area contributed by atoms with Crippen molar-refractivity contribution < 1.29 is 31.5 Å². The number of carbonyl (C=O) groups excluding carboxylic acids is 2. The molecule has 1 amide bonds. The zero-order valence-corrected chi connectivity index (χ0v) is 24.6. The van der Waals surface area contributed by atoms with E-state index in [1.165, 1.54) is 29.6 Å². The number of rotatable bonds is 8. The fraction of sp³-hybridized carbons (Fsp3) is 0.375. The van der Waals surface area contributed by atoms with Crippen molar-refractivity contribution in [1.29, 1.82) is 0 Å². The highest BCUT2D eigenvalue weighted by molar-refractivity contribution is 7.92. The van der Waals surface area contributed by atoms with Gasteiger partial charge in [-0.15, -0.1) is 0 Å². The van der Waals surface area contributed by atoms with Crippen LogP contribution in [0.3, 0.4) is 0 Å². The average molecular weight is 610 g/mol. The standard InChI is InChI=1S/C32H33F2N3O5S/c1-42-29(38)20-36-16-14-32(15-17-36)26-18-22(31(39)35-19-23-4-2-3-5-27(23)34)8-13-28(26)37(30(32)21-6-7-21)43(40,41)25-11-9-24(33)10-12-25/h2-5,8-13,18,21,30H,6-7,14-17,19-20H2,1H3,(H,35,39). The van der Waals surface area contributed by atoms with Gasteiger partial charge in [0.1, 0.15) is 11.6 Å². The molecule has 8 nitrogen and oxygen atoms in total. The Morgan fingerprint density at radius 3 is 2.35 bits per heavy atom. The van der Waals surface area contributed by atoms with Crippen LogP contribution in [0.4, 0.5) is 14.5 Å². The molecule has 1 saturated heterocycles. The molecule has 6 rings (SSSR count). The number of esters is 1. The highest BCUT2D eigenvalue weighted by Crippen LogP contribution is 2.59. The zero-order chi connectivity index (χ0) is 30.4. The first-order chi connectivity index (χ1) is 20.6. The number of hydrogen-bond acceptors (Lipinski definition) is 6. The molecule has 3 aromatic rings. The van der Waals surface area contributed by atoms with Gasteiger partial charge < -0.3 is 10.1 Å². The van der Waals surface area contributed by atoms with Crippen LogP contribution in [-0.2, 0) is 31.5 Å². The monoisotopic (exact) mass is 609 g/mol. The Bertz CT molecular complexity index is 1650. The van der Waals surface area contributed by atoms with Crippen LogP contribution in [0.1, 0.15) is 47.2 Å². The minimum absolute atomic E-state index is 0.00242. The van der Waals surface area contributed by atoms with Gasteiger partial charge in [0.25, 0.3) is 15.9 Å². The van der Waals surface area contributed by atoms with Crippen LogP contribution in [-0.4, -0.2) is 58.0 Å². The average Bonchev–Trinajstić information content (AvgIpc) is 3.81. The number of hydrogen-bond donors (Lipinski definition) is 1. The maximum atomic E-state index is 14.3. The van der Waals surface area contributed by atoms with Crippen LogP contribution in [0.5, 0.6) is 0 Å². The second-order valence-corrected chi connectivity index (χ2v) is 13.4. The first-order valence-electron chi connectivity index (χ1n) is 14.4. The molecule has 1 N–H and O–H groups in total. The predicted molar refractivity (Wildman–Crippen MR) is 156 cm³/mol. The molecule has 2 aliphatic heterocycles. The number of amides is 1. The van der Waals surface area contributed by atoms with Crippen LogP contribution in [0.25, 0.3) is 0 Å². The third-order valence-corrected chi connectivity index (χ3v) is 10.8. The number of nitrogens with one attached hydrogen (secondary N) is 1. The molecule has 3 aromatic carbocycles. The van der Waals surface area contributed by atoms with Crippen LogP contribution in [0.15, 0.2) is 71.6 Å². The first kappa shape index (κ1) is 29.3. The van der Waals surface area contributed by atoms with E-state index in [4.69, 9.17) is 4.74 Å². The summed E-state index contributed by atoms with van der Waals surface area (Å²) in [6.07, 6.45) is 2.90. The lowest BCUT2D eigenvalue weighted by Crippen LogP contribution is -2.54. The number of anilines is 1. The molecule has 43 heavy (non-hydrogen) atoms. The third-order valence-electron chi connectivity index (χ3n) is 9.02.